The second kappa shape index (κ2) is 9.67. The number of halogens is 1. The molecule has 0 aliphatic heterocycles. The Morgan fingerprint density at radius 1 is 1.10 bits per heavy atom. The molecule has 1 unspecified atom stereocenters. The monoisotopic (exact) mass is 424 g/mol. The van der Waals surface area contributed by atoms with Crippen LogP contribution in [0, 0.1) is 5.92 Å². The predicted molar refractivity (Wildman–Crippen MR) is 118 cm³/mol. The third kappa shape index (κ3) is 4.71. The molecule has 0 saturated heterocycles. The van der Waals surface area contributed by atoms with Crippen LogP contribution in [0.3, 0.4) is 0 Å². The lowest BCUT2D eigenvalue weighted by atomic mass is 9.99. The fourth-order valence-corrected chi connectivity index (χ4v) is 4.71. The maximum atomic E-state index is 6.53. The van der Waals surface area contributed by atoms with E-state index in [4.69, 9.17) is 11.6 Å². The molecule has 0 amide bonds. The van der Waals surface area contributed by atoms with Gasteiger partial charge in [0.25, 0.3) is 0 Å². The van der Waals surface area contributed by atoms with Gasteiger partial charge in [-0.05, 0) is 52.4 Å². The molecule has 0 radical (unpaired) electrons. The summed E-state index contributed by atoms with van der Waals surface area (Å²) in [5, 5.41) is 13.8. The fourth-order valence-electron chi connectivity index (χ4n) is 4.51. The van der Waals surface area contributed by atoms with Gasteiger partial charge in [-0.2, -0.15) is 0 Å². The normalized spacial score (nSPS) is 15.9. The Balaban J connectivity index is 1.71. The van der Waals surface area contributed by atoms with E-state index in [1.807, 2.05) is 36.7 Å². The number of hydrogen-bond donors (Lipinski definition) is 0. The summed E-state index contributed by atoms with van der Waals surface area (Å²) in [5.41, 5.74) is 2.27. The molecule has 6 nitrogen and oxygen atoms in total. The van der Waals surface area contributed by atoms with Gasteiger partial charge in [-0.1, -0.05) is 62.6 Å². The Morgan fingerprint density at radius 3 is 2.60 bits per heavy atom. The topological polar surface area (TPSA) is 59.7 Å². The molecular weight excluding hydrogens is 396 g/mol. The van der Waals surface area contributed by atoms with E-state index in [-0.39, 0.29) is 6.04 Å². The van der Waals surface area contributed by atoms with E-state index in [1.54, 1.807) is 0 Å². The molecule has 2 aromatic heterocycles. The highest BCUT2D eigenvalue weighted by atomic mass is 35.5. The smallest absolute Gasteiger partial charge is 0.168 e. The molecule has 3 aromatic rings. The molecule has 2 heterocycles. The molecule has 0 bridgehead atoms. The molecule has 0 spiro atoms. The molecule has 1 atom stereocenters. The van der Waals surface area contributed by atoms with Crippen molar-refractivity contribution in [2.45, 2.75) is 64.7 Å². The first kappa shape index (κ1) is 20.9. The first-order valence-corrected chi connectivity index (χ1v) is 11.2. The highest BCUT2D eigenvalue weighted by molar-refractivity contribution is 6.31. The summed E-state index contributed by atoms with van der Waals surface area (Å²) in [6, 6.07) is 12.6. The summed E-state index contributed by atoms with van der Waals surface area (Å²) in [7, 11) is 0. The van der Waals surface area contributed by atoms with Crippen molar-refractivity contribution in [3.05, 3.63) is 70.8 Å². The van der Waals surface area contributed by atoms with E-state index in [1.165, 1.54) is 12.8 Å². The van der Waals surface area contributed by atoms with Crippen LogP contribution < -0.4 is 0 Å². The SMILES string of the molecule is CC(C)C(c1nnnn1C1CCCC1)N(Cc1cccnc1)Cc1ccccc1Cl. The quantitative estimate of drug-likeness (QED) is 0.495. The molecule has 30 heavy (non-hydrogen) atoms. The van der Waals surface area contributed by atoms with Crippen LogP contribution in [-0.4, -0.2) is 30.1 Å². The first-order chi connectivity index (χ1) is 14.6. The van der Waals surface area contributed by atoms with Gasteiger partial charge < -0.3 is 0 Å². The van der Waals surface area contributed by atoms with Crippen molar-refractivity contribution in [2.75, 3.05) is 0 Å². The van der Waals surface area contributed by atoms with Gasteiger partial charge in [0.05, 0.1) is 12.1 Å². The summed E-state index contributed by atoms with van der Waals surface area (Å²) in [6.45, 7) is 5.94. The minimum atomic E-state index is 0.0667. The van der Waals surface area contributed by atoms with Gasteiger partial charge in [-0.3, -0.25) is 9.88 Å². The lowest BCUT2D eigenvalue weighted by Gasteiger charge is -2.34. The zero-order chi connectivity index (χ0) is 20.9. The van der Waals surface area contributed by atoms with Gasteiger partial charge in [0.1, 0.15) is 0 Å². The molecule has 1 aliphatic carbocycles. The Bertz CT molecular complexity index is 936. The zero-order valence-corrected chi connectivity index (χ0v) is 18.4. The lowest BCUT2D eigenvalue weighted by molar-refractivity contribution is 0.124. The average molecular weight is 425 g/mol. The number of aromatic nitrogens is 5. The van der Waals surface area contributed by atoms with Crippen molar-refractivity contribution in [2.24, 2.45) is 5.92 Å². The maximum absolute atomic E-state index is 6.53. The van der Waals surface area contributed by atoms with E-state index in [9.17, 15) is 0 Å². The van der Waals surface area contributed by atoms with Crippen molar-refractivity contribution >= 4 is 11.6 Å². The third-order valence-electron chi connectivity index (χ3n) is 5.92. The van der Waals surface area contributed by atoms with Crippen molar-refractivity contribution in [3.8, 4) is 0 Å². The van der Waals surface area contributed by atoms with Crippen LogP contribution in [0.5, 0.6) is 0 Å². The van der Waals surface area contributed by atoms with Crippen LogP contribution in [0.2, 0.25) is 5.02 Å². The Morgan fingerprint density at radius 2 is 1.90 bits per heavy atom. The lowest BCUT2D eigenvalue weighted by Crippen LogP contribution is -2.34. The van der Waals surface area contributed by atoms with Gasteiger partial charge >= 0.3 is 0 Å². The van der Waals surface area contributed by atoms with Crippen molar-refractivity contribution in [1.29, 1.82) is 0 Å². The van der Waals surface area contributed by atoms with Crippen LogP contribution in [0.15, 0.2) is 48.8 Å². The molecule has 158 valence electrons. The van der Waals surface area contributed by atoms with Crippen LogP contribution >= 0.6 is 11.6 Å². The van der Waals surface area contributed by atoms with Gasteiger partial charge in [-0.15, -0.1) is 5.10 Å². The Labute approximate surface area is 183 Å². The molecule has 1 fully saturated rings. The van der Waals surface area contributed by atoms with Crippen LogP contribution in [0.4, 0.5) is 0 Å². The largest absolute Gasteiger partial charge is 0.284 e. The summed E-state index contributed by atoms with van der Waals surface area (Å²) >= 11 is 6.53. The van der Waals surface area contributed by atoms with Crippen LogP contribution in [-0.2, 0) is 13.1 Å². The van der Waals surface area contributed by atoms with Gasteiger partial charge in [0.15, 0.2) is 5.82 Å². The standard InChI is InChI=1S/C23H29ClN6/c1-17(2)22(23-26-27-28-30(23)20-10-4-5-11-20)29(15-18-8-7-13-25-14-18)16-19-9-3-6-12-21(19)24/h3,6-9,12-14,17,20,22H,4-5,10-11,15-16H2,1-2H3. The second-order valence-electron chi connectivity index (χ2n) is 8.47. The Hall–Kier alpha value is -2.31. The van der Waals surface area contributed by atoms with E-state index >= 15 is 0 Å². The number of rotatable bonds is 8. The molecule has 0 N–H and O–H groups in total. The van der Waals surface area contributed by atoms with Crippen molar-refractivity contribution < 1.29 is 0 Å². The number of tetrazole rings is 1. The minimum absolute atomic E-state index is 0.0667. The van der Waals surface area contributed by atoms with Crippen LogP contribution in [0.1, 0.15) is 68.6 Å². The van der Waals surface area contributed by atoms with E-state index in [0.717, 1.165) is 47.9 Å². The second-order valence-corrected chi connectivity index (χ2v) is 8.87. The minimum Gasteiger partial charge on any atom is -0.284 e. The van der Waals surface area contributed by atoms with Gasteiger partial charge in [0, 0.05) is 30.5 Å². The molecule has 1 aromatic carbocycles. The fraction of sp³-hybridized carbons (Fsp3) is 0.478. The van der Waals surface area contributed by atoms with E-state index in [2.05, 4.69) is 56.1 Å². The average Bonchev–Trinajstić information content (AvgIpc) is 3.42. The molecular formula is C23H29ClN6. The maximum Gasteiger partial charge on any atom is 0.168 e. The van der Waals surface area contributed by atoms with Gasteiger partial charge in [-0.25, -0.2) is 4.68 Å². The highest BCUT2D eigenvalue weighted by Crippen LogP contribution is 2.35. The number of hydrogen-bond acceptors (Lipinski definition) is 5. The van der Waals surface area contributed by atoms with Crippen molar-refractivity contribution in [1.82, 2.24) is 30.1 Å². The molecule has 1 saturated carbocycles. The number of nitrogens with zero attached hydrogens (tertiary/aromatic N) is 6. The summed E-state index contributed by atoms with van der Waals surface area (Å²) < 4.78 is 2.08. The van der Waals surface area contributed by atoms with E-state index < -0.39 is 0 Å². The molecule has 7 heteroatoms. The van der Waals surface area contributed by atoms with Gasteiger partial charge in [0.2, 0.25) is 0 Å². The van der Waals surface area contributed by atoms with Crippen molar-refractivity contribution in [3.63, 3.8) is 0 Å². The first-order valence-electron chi connectivity index (χ1n) is 10.8. The summed E-state index contributed by atoms with van der Waals surface area (Å²) in [6.07, 6.45) is 8.52. The summed E-state index contributed by atoms with van der Waals surface area (Å²) in [5.74, 6) is 1.28. The highest BCUT2D eigenvalue weighted by Gasteiger charge is 2.32. The number of benzene rings is 1. The molecule has 4 rings (SSSR count). The number of pyridine rings is 1. The predicted octanol–water partition coefficient (Wildman–Crippen LogP) is 5.24. The van der Waals surface area contributed by atoms with Crippen LogP contribution in [0.25, 0.3) is 0 Å². The zero-order valence-electron chi connectivity index (χ0n) is 17.7. The Kier molecular flexibility index (Phi) is 6.75. The summed E-state index contributed by atoms with van der Waals surface area (Å²) in [4.78, 5) is 6.74. The molecule has 1 aliphatic rings. The third-order valence-corrected chi connectivity index (χ3v) is 6.29. The van der Waals surface area contributed by atoms with E-state index in [0.29, 0.717) is 12.0 Å².